The van der Waals surface area contributed by atoms with Gasteiger partial charge in [-0.3, -0.25) is 9.59 Å². The molecule has 0 saturated carbocycles. The second kappa shape index (κ2) is 6.34. The maximum absolute atomic E-state index is 11.7. The number of carboxylic acids is 1. The van der Waals surface area contributed by atoms with Gasteiger partial charge in [-0.2, -0.15) is 13.2 Å². The van der Waals surface area contributed by atoms with Crippen LogP contribution in [0.4, 0.5) is 13.2 Å². The fraction of sp³-hybridized carbons (Fsp3) is 0.778. The first-order valence-electron chi connectivity index (χ1n) is 4.76. The Morgan fingerprint density at radius 1 is 1.31 bits per heavy atom. The van der Waals surface area contributed by atoms with Crippen molar-refractivity contribution in [2.45, 2.75) is 32.4 Å². The lowest BCUT2D eigenvalue weighted by atomic mass is 10.0. The predicted molar refractivity (Wildman–Crippen MR) is 49.7 cm³/mol. The van der Waals surface area contributed by atoms with Crippen LogP contribution >= 0.6 is 0 Å². The largest absolute Gasteiger partial charge is 0.481 e. The third kappa shape index (κ3) is 9.29. The molecular formula is C9H14F3NO3. The van der Waals surface area contributed by atoms with Crippen LogP contribution in [0.2, 0.25) is 0 Å². The highest BCUT2D eigenvalue weighted by molar-refractivity contribution is 5.77. The van der Waals surface area contributed by atoms with Crippen LogP contribution in [0.3, 0.4) is 0 Å². The highest BCUT2D eigenvalue weighted by atomic mass is 19.4. The minimum absolute atomic E-state index is 0.0792. The molecule has 1 amide bonds. The van der Waals surface area contributed by atoms with Crippen molar-refractivity contribution >= 4 is 11.9 Å². The third-order valence-electron chi connectivity index (χ3n) is 1.79. The number of hydrogen-bond donors (Lipinski definition) is 2. The Balaban J connectivity index is 3.70. The van der Waals surface area contributed by atoms with E-state index in [1.165, 1.54) is 0 Å². The molecule has 0 aliphatic rings. The SMILES string of the molecule is CC(CC(=O)O)CC(=O)NCCC(F)(F)F. The van der Waals surface area contributed by atoms with Crippen LogP contribution in [0, 0.1) is 5.92 Å². The number of alkyl halides is 3. The summed E-state index contributed by atoms with van der Waals surface area (Å²) < 4.78 is 35.1. The Morgan fingerprint density at radius 2 is 1.88 bits per heavy atom. The zero-order valence-corrected chi connectivity index (χ0v) is 8.80. The van der Waals surface area contributed by atoms with E-state index >= 15 is 0 Å². The molecule has 94 valence electrons. The summed E-state index contributed by atoms with van der Waals surface area (Å²) in [6.45, 7) is 1.08. The van der Waals surface area contributed by atoms with E-state index in [1.807, 2.05) is 0 Å². The van der Waals surface area contributed by atoms with Crippen molar-refractivity contribution in [2.75, 3.05) is 6.54 Å². The van der Waals surface area contributed by atoms with E-state index in [-0.39, 0.29) is 18.8 Å². The molecule has 0 saturated heterocycles. The average molecular weight is 241 g/mol. The summed E-state index contributed by atoms with van der Waals surface area (Å²) in [6, 6.07) is 0. The predicted octanol–water partition coefficient (Wildman–Crippen LogP) is 1.56. The number of amides is 1. The highest BCUT2D eigenvalue weighted by Gasteiger charge is 2.26. The monoisotopic (exact) mass is 241 g/mol. The third-order valence-corrected chi connectivity index (χ3v) is 1.79. The Morgan fingerprint density at radius 3 is 2.31 bits per heavy atom. The van der Waals surface area contributed by atoms with Gasteiger partial charge in [0.2, 0.25) is 5.91 Å². The van der Waals surface area contributed by atoms with Crippen molar-refractivity contribution in [3.05, 3.63) is 0 Å². The van der Waals surface area contributed by atoms with Gasteiger partial charge in [-0.1, -0.05) is 6.92 Å². The molecule has 1 unspecified atom stereocenters. The molecule has 7 heteroatoms. The minimum atomic E-state index is -4.29. The molecule has 0 aromatic heterocycles. The van der Waals surface area contributed by atoms with Crippen molar-refractivity contribution in [1.82, 2.24) is 5.32 Å². The minimum Gasteiger partial charge on any atom is -0.481 e. The number of hydrogen-bond acceptors (Lipinski definition) is 2. The maximum Gasteiger partial charge on any atom is 0.390 e. The van der Waals surface area contributed by atoms with Crippen LogP contribution in [0.15, 0.2) is 0 Å². The molecule has 0 aliphatic carbocycles. The van der Waals surface area contributed by atoms with Crippen molar-refractivity contribution in [3.63, 3.8) is 0 Å². The number of halogens is 3. The van der Waals surface area contributed by atoms with Gasteiger partial charge in [0.1, 0.15) is 0 Å². The summed E-state index contributed by atoms with van der Waals surface area (Å²) in [5, 5.41) is 10.5. The molecule has 0 bridgehead atoms. The number of carbonyl (C=O) groups is 2. The fourth-order valence-electron chi connectivity index (χ4n) is 1.10. The number of nitrogens with one attached hydrogen (secondary N) is 1. The van der Waals surface area contributed by atoms with Gasteiger partial charge < -0.3 is 10.4 Å². The molecule has 16 heavy (non-hydrogen) atoms. The second-order valence-corrected chi connectivity index (χ2v) is 3.62. The van der Waals surface area contributed by atoms with Gasteiger partial charge in [-0.05, 0) is 5.92 Å². The van der Waals surface area contributed by atoms with E-state index < -0.39 is 31.0 Å². The van der Waals surface area contributed by atoms with Gasteiger partial charge in [0.15, 0.2) is 0 Å². The van der Waals surface area contributed by atoms with Crippen LogP contribution in [0.1, 0.15) is 26.2 Å². The molecule has 0 aromatic rings. The molecular weight excluding hydrogens is 227 g/mol. The van der Waals surface area contributed by atoms with Crippen LogP contribution in [-0.4, -0.2) is 29.7 Å². The fourth-order valence-corrected chi connectivity index (χ4v) is 1.10. The van der Waals surface area contributed by atoms with Crippen LogP contribution in [-0.2, 0) is 9.59 Å². The molecule has 0 fully saturated rings. The van der Waals surface area contributed by atoms with Crippen molar-refractivity contribution in [1.29, 1.82) is 0 Å². The number of carboxylic acid groups (broad SMARTS) is 1. The summed E-state index contributed by atoms with van der Waals surface area (Å²) in [6.07, 6.45) is -5.62. The van der Waals surface area contributed by atoms with E-state index in [2.05, 4.69) is 5.32 Å². The topological polar surface area (TPSA) is 66.4 Å². The van der Waals surface area contributed by atoms with Crippen molar-refractivity contribution in [3.8, 4) is 0 Å². The van der Waals surface area contributed by atoms with Gasteiger partial charge in [-0.15, -0.1) is 0 Å². The Labute approximate surface area is 90.8 Å². The number of rotatable bonds is 6. The number of aliphatic carboxylic acids is 1. The standard InChI is InChI=1S/C9H14F3NO3/c1-6(5-8(15)16)4-7(14)13-3-2-9(10,11)12/h6H,2-5H2,1H3,(H,13,14)(H,15,16). The van der Waals surface area contributed by atoms with Crippen LogP contribution < -0.4 is 5.32 Å². The van der Waals surface area contributed by atoms with Gasteiger partial charge in [-0.25, -0.2) is 0 Å². The van der Waals surface area contributed by atoms with Crippen LogP contribution in [0.25, 0.3) is 0 Å². The number of carbonyl (C=O) groups excluding carboxylic acids is 1. The lowest BCUT2D eigenvalue weighted by molar-refractivity contribution is -0.138. The molecule has 0 radical (unpaired) electrons. The molecule has 0 aromatic carbocycles. The first-order valence-corrected chi connectivity index (χ1v) is 4.76. The van der Waals surface area contributed by atoms with Gasteiger partial charge in [0.05, 0.1) is 6.42 Å². The van der Waals surface area contributed by atoms with Crippen molar-refractivity contribution in [2.24, 2.45) is 5.92 Å². The van der Waals surface area contributed by atoms with Gasteiger partial charge in [0.25, 0.3) is 0 Å². The summed E-state index contributed by atoms with van der Waals surface area (Å²) in [4.78, 5) is 21.3. The first-order chi connectivity index (χ1) is 7.20. The molecule has 0 rings (SSSR count). The Bertz CT molecular complexity index is 253. The molecule has 0 heterocycles. The highest BCUT2D eigenvalue weighted by Crippen LogP contribution is 2.18. The Hall–Kier alpha value is -1.27. The molecule has 4 nitrogen and oxygen atoms in total. The second-order valence-electron chi connectivity index (χ2n) is 3.62. The average Bonchev–Trinajstić information content (AvgIpc) is 1.98. The van der Waals surface area contributed by atoms with E-state index in [0.29, 0.717) is 0 Å². The van der Waals surface area contributed by atoms with Crippen LogP contribution in [0.5, 0.6) is 0 Å². The lowest BCUT2D eigenvalue weighted by Crippen LogP contribution is -2.29. The zero-order valence-electron chi connectivity index (χ0n) is 8.80. The normalized spacial score (nSPS) is 13.2. The smallest absolute Gasteiger partial charge is 0.390 e. The van der Waals surface area contributed by atoms with E-state index in [4.69, 9.17) is 5.11 Å². The Kier molecular flexibility index (Phi) is 5.84. The quantitative estimate of drug-likeness (QED) is 0.741. The summed E-state index contributed by atoms with van der Waals surface area (Å²) in [7, 11) is 0. The summed E-state index contributed by atoms with van der Waals surface area (Å²) in [5.74, 6) is -1.98. The maximum atomic E-state index is 11.7. The van der Waals surface area contributed by atoms with Gasteiger partial charge >= 0.3 is 12.1 Å². The summed E-state index contributed by atoms with van der Waals surface area (Å²) >= 11 is 0. The van der Waals surface area contributed by atoms with Gasteiger partial charge in [0, 0.05) is 19.4 Å². The van der Waals surface area contributed by atoms with E-state index in [1.54, 1.807) is 6.92 Å². The lowest BCUT2D eigenvalue weighted by Gasteiger charge is -2.10. The van der Waals surface area contributed by atoms with E-state index in [9.17, 15) is 22.8 Å². The van der Waals surface area contributed by atoms with Crippen molar-refractivity contribution < 1.29 is 27.9 Å². The summed E-state index contributed by atoms with van der Waals surface area (Å²) in [5.41, 5.74) is 0. The molecule has 2 N–H and O–H groups in total. The molecule has 0 aliphatic heterocycles. The molecule has 0 spiro atoms. The first kappa shape index (κ1) is 14.7. The zero-order chi connectivity index (χ0) is 12.8. The van der Waals surface area contributed by atoms with E-state index in [0.717, 1.165) is 0 Å². The molecule has 1 atom stereocenters.